The third-order valence-corrected chi connectivity index (χ3v) is 5.34. The van der Waals surface area contributed by atoms with E-state index in [0.717, 1.165) is 72.8 Å². The molecule has 3 aromatic heterocycles. The fourth-order valence-electron chi connectivity index (χ4n) is 3.51. The molecule has 1 saturated heterocycles. The van der Waals surface area contributed by atoms with Gasteiger partial charge in [-0.05, 0) is 44.9 Å². The first-order valence-corrected chi connectivity index (χ1v) is 9.59. The molecule has 0 unspecified atom stereocenters. The molecular weight excluding hydrogens is 340 g/mol. The Balaban J connectivity index is 0.00000192. The molecule has 2 aliphatic rings. The summed E-state index contributed by atoms with van der Waals surface area (Å²) in [6.07, 6.45) is 2.17. The van der Waals surface area contributed by atoms with Crippen molar-refractivity contribution in [1.82, 2.24) is 25.5 Å². The largest absolute Gasteiger partial charge is 0.471 e. The highest BCUT2D eigenvalue weighted by Gasteiger charge is 2.40. The molecule has 0 aromatic carbocycles. The van der Waals surface area contributed by atoms with E-state index in [1.165, 1.54) is 0 Å². The van der Waals surface area contributed by atoms with Gasteiger partial charge in [0.15, 0.2) is 0 Å². The number of hydrogen-bond acceptors (Lipinski definition) is 6. The number of nitrogens with zero attached hydrogens (tertiary/aromatic N) is 4. The van der Waals surface area contributed by atoms with E-state index >= 15 is 0 Å². The van der Waals surface area contributed by atoms with Crippen molar-refractivity contribution in [3.8, 4) is 17.1 Å². The second-order valence-corrected chi connectivity index (χ2v) is 7.76. The number of pyridine rings is 2. The summed E-state index contributed by atoms with van der Waals surface area (Å²) in [5.41, 5.74) is 4.57. The maximum atomic E-state index is 6.04. The number of aromatic nitrogens is 4. The highest BCUT2D eigenvalue weighted by Crippen LogP contribution is 2.39. The molecule has 0 radical (unpaired) electrons. The van der Waals surface area contributed by atoms with Crippen molar-refractivity contribution in [2.45, 2.75) is 32.3 Å². The van der Waals surface area contributed by atoms with Gasteiger partial charge in [-0.2, -0.15) is 5.10 Å². The summed E-state index contributed by atoms with van der Waals surface area (Å²) in [5, 5.41) is 11.0. The van der Waals surface area contributed by atoms with Crippen LogP contribution in [0.2, 0.25) is 0 Å². The molecule has 27 heavy (non-hydrogen) atoms. The summed E-state index contributed by atoms with van der Waals surface area (Å²) in [5.74, 6) is 1.67. The van der Waals surface area contributed by atoms with Gasteiger partial charge < -0.3 is 15.0 Å². The first-order valence-electron chi connectivity index (χ1n) is 9.59. The molecule has 0 amide bonds. The van der Waals surface area contributed by atoms with Crippen molar-refractivity contribution < 1.29 is 6.16 Å². The summed E-state index contributed by atoms with van der Waals surface area (Å²) in [6, 6.07) is 8.09. The van der Waals surface area contributed by atoms with Crippen molar-refractivity contribution in [2.75, 3.05) is 31.1 Å². The van der Waals surface area contributed by atoms with E-state index in [4.69, 9.17) is 14.7 Å². The summed E-state index contributed by atoms with van der Waals surface area (Å²) < 4.78 is 6.04. The average molecular weight is 366 g/mol. The third kappa shape index (κ3) is 3.23. The molecule has 7 heteroatoms. The molecule has 142 valence electrons. The van der Waals surface area contributed by atoms with E-state index in [0.29, 0.717) is 5.88 Å². The SMILES string of the molecule is Cc1cc(-c2n[nH]c3ccc(OC4(C)CC4)nc23)cc(N2CCNCC2)n1.[HH]. The zero-order valence-corrected chi connectivity index (χ0v) is 15.7. The monoisotopic (exact) mass is 366 g/mol. The van der Waals surface area contributed by atoms with Crippen LogP contribution in [0, 0.1) is 6.92 Å². The molecule has 1 saturated carbocycles. The number of H-pyrrole nitrogens is 1. The van der Waals surface area contributed by atoms with Gasteiger partial charge in [-0.15, -0.1) is 0 Å². The lowest BCUT2D eigenvalue weighted by atomic mass is 10.1. The fraction of sp³-hybridized carbons (Fsp3) is 0.450. The third-order valence-electron chi connectivity index (χ3n) is 5.34. The Morgan fingerprint density at radius 1 is 1.15 bits per heavy atom. The molecule has 0 spiro atoms. The second kappa shape index (κ2) is 6.20. The number of anilines is 1. The maximum absolute atomic E-state index is 6.04. The molecule has 3 aromatic rings. The van der Waals surface area contributed by atoms with Gasteiger partial charge in [-0.3, -0.25) is 5.10 Å². The Morgan fingerprint density at radius 2 is 1.96 bits per heavy atom. The Labute approximate surface area is 159 Å². The van der Waals surface area contributed by atoms with Crippen LogP contribution in [-0.2, 0) is 0 Å². The Morgan fingerprint density at radius 3 is 2.74 bits per heavy atom. The number of hydrogen-bond donors (Lipinski definition) is 2. The molecule has 2 N–H and O–H groups in total. The van der Waals surface area contributed by atoms with Crippen LogP contribution in [0.1, 0.15) is 26.9 Å². The predicted molar refractivity (Wildman–Crippen MR) is 107 cm³/mol. The lowest BCUT2D eigenvalue weighted by Gasteiger charge is -2.28. The van der Waals surface area contributed by atoms with Gasteiger partial charge in [0.1, 0.15) is 22.6 Å². The number of ether oxygens (including phenoxy) is 1. The number of aromatic amines is 1. The van der Waals surface area contributed by atoms with Crippen LogP contribution in [0.15, 0.2) is 24.3 Å². The molecule has 7 nitrogen and oxygen atoms in total. The van der Waals surface area contributed by atoms with Crippen molar-refractivity contribution in [3.63, 3.8) is 0 Å². The van der Waals surface area contributed by atoms with Crippen LogP contribution in [0.5, 0.6) is 5.88 Å². The van der Waals surface area contributed by atoms with E-state index in [1.807, 2.05) is 19.1 Å². The summed E-state index contributed by atoms with van der Waals surface area (Å²) in [4.78, 5) is 11.8. The van der Waals surface area contributed by atoms with Crippen LogP contribution in [0.25, 0.3) is 22.3 Å². The number of nitrogens with one attached hydrogen (secondary N) is 2. The Kier molecular flexibility index (Phi) is 3.79. The molecule has 0 bridgehead atoms. The first kappa shape index (κ1) is 16.5. The predicted octanol–water partition coefficient (Wildman–Crippen LogP) is 2.92. The lowest BCUT2D eigenvalue weighted by Crippen LogP contribution is -2.43. The van der Waals surface area contributed by atoms with Gasteiger partial charge in [-0.25, -0.2) is 9.97 Å². The topological polar surface area (TPSA) is 79.0 Å². The van der Waals surface area contributed by atoms with Crippen LogP contribution in [0.4, 0.5) is 5.82 Å². The Hall–Kier alpha value is -2.67. The molecular formula is C20H26N6O. The Bertz CT molecular complexity index is 994. The number of aryl methyl sites for hydroxylation is 1. The van der Waals surface area contributed by atoms with Crippen molar-refractivity contribution in [1.29, 1.82) is 0 Å². The fourth-order valence-corrected chi connectivity index (χ4v) is 3.51. The minimum Gasteiger partial charge on any atom is -0.471 e. The van der Waals surface area contributed by atoms with Crippen LogP contribution >= 0.6 is 0 Å². The minimum absolute atomic E-state index is 0. The zero-order chi connectivity index (χ0) is 18.4. The van der Waals surface area contributed by atoms with Crippen molar-refractivity contribution >= 4 is 16.9 Å². The molecule has 4 heterocycles. The van der Waals surface area contributed by atoms with E-state index in [2.05, 4.69) is 39.5 Å². The quantitative estimate of drug-likeness (QED) is 0.739. The van der Waals surface area contributed by atoms with Gasteiger partial charge in [-0.1, -0.05) is 0 Å². The van der Waals surface area contributed by atoms with Gasteiger partial charge in [0.2, 0.25) is 5.88 Å². The average Bonchev–Trinajstić information content (AvgIpc) is 3.25. The van der Waals surface area contributed by atoms with E-state index in [-0.39, 0.29) is 7.03 Å². The lowest BCUT2D eigenvalue weighted by molar-refractivity contribution is 0.192. The molecule has 1 aliphatic heterocycles. The number of piperazine rings is 1. The van der Waals surface area contributed by atoms with Crippen LogP contribution < -0.4 is 15.0 Å². The smallest absolute Gasteiger partial charge is 0.214 e. The standard InChI is InChI=1S/C20H24N6O.H2/c1-13-11-14(12-16(22-13)26-9-7-21-8-10-26)18-19-15(24-25-18)3-4-17(23-19)27-20(2)5-6-20;/h3-4,11-12,21H,5-10H2,1-2H3,(H,24,25);1H. The van der Waals surface area contributed by atoms with Gasteiger partial charge in [0, 0.05) is 44.9 Å². The van der Waals surface area contributed by atoms with Crippen molar-refractivity contribution in [3.05, 3.63) is 30.0 Å². The van der Waals surface area contributed by atoms with Crippen molar-refractivity contribution in [2.24, 2.45) is 0 Å². The van der Waals surface area contributed by atoms with Crippen LogP contribution in [-0.4, -0.2) is 51.9 Å². The highest BCUT2D eigenvalue weighted by atomic mass is 16.5. The minimum atomic E-state index is -0.0483. The van der Waals surface area contributed by atoms with Gasteiger partial charge >= 0.3 is 0 Å². The molecule has 0 atom stereocenters. The molecule has 2 fully saturated rings. The number of fused-ring (bicyclic) bond motifs is 1. The summed E-state index contributed by atoms with van der Waals surface area (Å²) in [6.45, 7) is 8.05. The van der Waals surface area contributed by atoms with Gasteiger partial charge in [0.25, 0.3) is 0 Å². The van der Waals surface area contributed by atoms with Gasteiger partial charge in [0.05, 0.1) is 5.52 Å². The first-order chi connectivity index (χ1) is 13.1. The summed E-state index contributed by atoms with van der Waals surface area (Å²) >= 11 is 0. The van der Waals surface area contributed by atoms with E-state index in [1.54, 1.807) is 0 Å². The van der Waals surface area contributed by atoms with E-state index < -0.39 is 0 Å². The molecule has 1 aliphatic carbocycles. The maximum Gasteiger partial charge on any atom is 0.214 e. The summed E-state index contributed by atoms with van der Waals surface area (Å²) in [7, 11) is 0. The normalized spacial score (nSPS) is 18.7. The van der Waals surface area contributed by atoms with E-state index in [9.17, 15) is 0 Å². The zero-order valence-electron chi connectivity index (χ0n) is 15.7. The number of rotatable bonds is 4. The highest BCUT2D eigenvalue weighted by molar-refractivity contribution is 5.90. The van der Waals surface area contributed by atoms with Crippen LogP contribution in [0.3, 0.4) is 0 Å². The second-order valence-electron chi connectivity index (χ2n) is 7.76. The molecule has 5 rings (SSSR count).